The smallest absolute Gasteiger partial charge is 0.358 e. The molecule has 0 aliphatic heterocycles. The van der Waals surface area contributed by atoms with Crippen molar-refractivity contribution in [3.8, 4) is 0 Å². The molecule has 0 bridgehead atoms. The topological polar surface area (TPSA) is 76.6 Å². The van der Waals surface area contributed by atoms with Crippen LogP contribution in [-0.2, 0) is 14.8 Å². The molecule has 6 nitrogen and oxygen atoms in total. The summed E-state index contributed by atoms with van der Waals surface area (Å²) in [5.74, 6) is -0.316. The fourth-order valence-electron chi connectivity index (χ4n) is 2.45. The highest BCUT2D eigenvalue weighted by Gasteiger charge is 2.31. The van der Waals surface area contributed by atoms with Gasteiger partial charge in [-0.15, -0.1) is 11.3 Å². The Kier molecular flexibility index (Phi) is 4.77. The van der Waals surface area contributed by atoms with Gasteiger partial charge in [0.15, 0.2) is 9.90 Å². The molecule has 1 heterocycles. The summed E-state index contributed by atoms with van der Waals surface area (Å²) in [6.45, 7) is 0.487. The number of carbonyl (C=O) groups excluding carboxylic acids is 1. The fraction of sp³-hybridized carbons (Fsp3) is 0.667. The Morgan fingerprint density at radius 1 is 1.50 bits per heavy atom. The average molecular weight is 318 g/mol. The summed E-state index contributed by atoms with van der Waals surface area (Å²) in [6, 6.07) is 0. The van der Waals surface area contributed by atoms with E-state index in [0.29, 0.717) is 12.5 Å². The minimum atomic E-state index is -3.68. The van der Waals surface area contributed by atoms with Crippen LogP contribution in [0, 0.1) is 5.92 Å². The molecule has 0 saturated heterocycles. The van der Waals surface area contributed by atoms with Crippen LogP contribution in [0.3, 0.4) is 0 Å². The number of aromatic nitrogens is 1. The lowest BCUT2D eigenvalue weighted by molar-refractivity contribution is 0.0590. The highest BCUT2D eigenvalue weighted by atomic mass is 32.2. The number of hydrogen-bond donors (Lipinski definition) is 0. The van der Waals surface area contributed by atoms with Crippen LogP contribution in [0.2, 0.25) is 0 Å². The zero-order chi connectivity index (χ0) is 14.8. The molecule has 0 atom stereocenters. The highest BCUT2D eigenvalue weighted by molar-refractivity contribution is 7.91. The fourth-order valence-corrected chi connectivity index (χ4v) is 5.02. The van der Waals surface area contributed by atoms with Crippen molar-refractivity contribution in [3.05, 3.63) is 11.2 Å². The molecule has 0 N–H and O–H groups in total. The molecule has 1 aliphatic carbocycles. The molecular weight excluding hydrogens is 300 g/mol. The van der Waals surface area contributed by atoms with Crippen molar-refractivity contribution < 1.29 is 17.9 Å². The molecular formula is C12H18N2O4S2. The Hall–Kier alpha value is -0.990. The van der Waals surface area contributed by atoms with Crippen LogP contribution in [0.5, 0.6) is 0 Å². The second-order valence-electron chi connectivity index (χ2n) is 4.92. The summed E-state index contributed by atoms with van der Waals surface area (Å²) in [5.41, 5.74) is 1.22. The molecule has 1 saturated carbocycles. The first-order valence-corrected chi connectivity index (χ1v) is 8.77. The minimum absolute atomic E-state index is 0.0372. The van der Waals surface area contributed by atoms with E-state index < -0.39 is 16.0 Å². The van der Waals surface area contributed by atoms with E-state index in [1.54, 1.807) is 7.05 Å². The van der Waals surface area contributed by atoms with Gasteiger partial charge in [0.2, 0.25) is 0 Å². The third-order valence-electron chi connectivity index (χ3n) is 3.55. The maximum Gasteiger partial charge on any atom is 0.358 e. The Bertz CT molecular complexity index is 576. The zero-order valence-corrected chi connectivity index (χ0v) is 13.2. The molecule has 8 heteroatoms. The van der Waals surface area contributed by atoms with E-state index in [1.807, 2.05) is 0 Å². The van der Waals surface area contributed by atoms with E-state index >= 15 is 0 Å². The first-order valence-electron chi connectivity index (χ1n) is 6.45. The van der Waals surface area contributed by atoms with E-state index in [2.05, 4.69) is 9.72 Å². The third-order valence-corrected chi connectivity index (χ3v) is 6.72. The van der Waals surface area contributed by atoms with Gasteiger partial charge in [0.1, 0.15) is 0 Å². The van der Waals surface area contributed by atoms with E-state index in [0.717, 1.165) is 37.0 Å². The van der Waals surface area contributed by atoms with Gasteiger partial charge in [0, 0.05) is 13.6 Å². The molecule has 0 unspecified atom stereocenters. The number of thiazole rings is 1. The van der Waals surface area contributed by atoms with Gasteiger partial charge >= 0.3 is 5.97 Å². The summed E-state index contributed by atoms with van der Waals surface area (Å²) >= 11 is 0.945. The first kappa shape index (κ1) is 15.4. The molecule has 0 radical (unpaired) electrons. The van der Waals surface area contributed by atoms with Crippen molar-refractivity contribution in [1.82, 2.24) is 9.29 Å². The number of ether oxygens (including phenoxy) is 1. The summed E-state index contributed by atoms with van der Waals surface area (Å²) in [6.07, 6.45) is 4.44. The van der Waals surface area contributed by atoms with Crippen LogP contribution in [0.15, 0.2) is 9.72 Å². The zero-order valence-electron chi connectivity index (χ0n) is 11.5. The van der Waals surface area contributed by atoms with Gasteiger partial charge in [-0.2, -0.15) is 4.31 Å². The number of carbonyl (C=O) groups is 1. The molecule has 0 spiro atoms. The number of hydrogen-bond acceptors (Lipinski definition) is 6. The van der Waals surface area contributed by atoms with Crippen LogP contribution < -0.4 is 0 Å². The summed E-state index contributed by atoms with van der Waals surface area (Å²) in [4.78, 5) is 15.4. The van der Waals surface area contributed by atoms with Gasteiger partial charge in [0.05, 0.1) is 12.6 Å². The molecule has 1 aromatic rings. The second kappa shape index (κ2) is 6.19. The van der Waals surface area contributed by atoms with Gasteiger partial charge < -0.3 is 4.74 Å². The van der Waals surface area contributed by atoms with Crippen LogP contribution >= 0.6 is 11.3 Å². The Balaban J connectivity index is 2.21. The van der Waals surface area contributed by atoms with Crippen molar-refractivity contribution in [2.75, 3.05) is 20.7 Å². The number of rotatable bonds is 5. The predicted molar refractivity (Wildman–Crippen MR) is 75.2 cm³/mol. The molecule has 2 rings (SSSR count). The van der Waals surface area contributed by atoms with Crippen LogP contribution in [0.25, 0.3) is 0 Å². The van der Waals surface area contributed by atoms with Crippen molar-refractivity contribution in [2.45, 2.75) is 29.9 Å². The van der Waals surface area contributed by atoms with E-state index in [-0.39, 0.29) is 9.90 Å². The van der Waals surface area contributed by atoms with E-state index in [1.165, 1.54) is 16.9 Å². The van der Waals surface area contributed by atoms with E-state index in [4.69, 9.17) is 0 Å². The van der Waals surface area contributed by atoms with Gasteiger partial charge in [-0.1, -0.05) is 12.8 Å². The first-order chi connectivity index (χ1) is 9.46. The normalized spacial score (nSPS) is 16.8. The van der Waals surface area contributed by atoms with Gasteiger partial charge in [-0.3, -0.25) is 0 Å². The third kappa shape index (κ3) is 3.02. The molecule has 1 aromatic heterocycles. The molecule has 1 fully saturated rings. The van der Waals surface area contributed by atoms with Gasteiger partial charge in [-0.05, 0) is 18.8 Å². The standard InChI is InChI=1S/C12H18N2O4S2/c1-14(7-9-5-3-4-6-9)20(16,17)12-10(11(15)18-2)13-8-19-12/h8-9H,3-7H2,1-2H3. The molecule has 1 aliphatic rings. The number of methoxy groups -OCH3 is 1. The van der Waals surface area contributed by atoms with Crippen molar-refractivity contribution in [2.24, 2.45) is 5.92 Å². The Labute approximate surface area is 122 Å². The molecule has 0 amide bonds. The van der Waals surface area contributed by atoms with Crippen molar-refractivity contribution in [3.63, 3.8) is 0 Å². The molecule has 20 heavy (non-hydrogen) atoms. The lowest BCUT2D eigenvalue weighted by Gasteiger charge is -2.20. The maximum absolute atomic E-state index is 12.5. The molecule has 112 valence electrons. The monoisotopic (exact) mass is 318 g/mol. The highest BCUT2D eigenvalue weighted by Crippen LogP contribution is 2.29. The van der Waals surface area contributed by atoms with E-state index in [9.17, 15) is 13.2 Å². The van der Waals surface area contributed by atoms with Gasteiger partial charge in [-0.25, -0.2) is 18.2 Å². The largest absolute Gasteiger partial charge is 0.464 e. The average Bonchev–Trinajstić information content (AvgIpc) is 3.08. The lowest BCUT2D eigenvalue weighted by atomic mass is 10.1. The summed E-state index contributed by atoms with van der Waals surface area (Å²) in [7, 11) is -0.922. The maximum atomic E-state index is 12.5. The van der Waals surface area contributed by atoms with Crippen LogP contribution in [0.4, 0.5) is 0 Å². The lowest BCUT2D eigenvalue weighted by Crippen LogP contribution is -2.31. The number of esters is 1. The predicted octanol–water partition coefficient (Wildman–Crippen LogP) is 1.74. The second-order valence-corrected chi connectivity index (χ2v) is 8.01. The number of nitrogens with zero attached hydrogens (tertiary/aromatic N) is 2. The quantitative estimate of drug-likeness (QED) is 0.773. The van der Waals surface area contributed by atoms with Crippen LogP contribution in [0.1, 0.15) is 36.2 Å². The number of sulfonamides is 1. The molecule has 0 aromatic carbocycles. The summed E-state index contributed by atoms with van der Waals surface area (Å²) in [5, 5.41) is 0. The summed E-state index contributed by atoms with van der Waals surface area (Å²) < 4.78 is 30.9. The van der Waals surface area contributed by atoms with Gasteiger partial charge in [0.25, 0.3) is 10.0 Å². The Morgan fingerprint density at radius 2 is 2.15 bits per heavy atom. The van der Waals surface area contributed by atoms with Crippen molar-refractivity contribution >= 4 is 27.3 Å². The minimum Gasteiger partial charge on any atom is -0.464 e. The Morgan fingerprint density at radius 3 is 2.75 bits per heavy atom. The van der Waals surface area contributed by atoms with Crippen molar-refractivity contribution in [1.29, 1.82) is 0 Å². The SMILES string of the molecule is COC(=O)c1ncsc1S(=O)(=O)N(C)CC1CCCC1. The van der Waals surface area contributed by atoms with Crippen LogP contribution in [-0.4, -0.2) is 44.4 Å².